The van der Waals surface area contributed by atoms with Crippen LogP contribution in [0, 0.1) is 0 Å². The average molecular weight is 198 g/mol. The van der Waals surface area contributed by atoms with Gasteiger partial charge >= 0.3 is 0 Å². The zero-order valence-electron chi connectivity index (χ0n) is 8.01. The number of rotatable bonds is 5. The van der Waals surface area contributed by atoms with Crippen molar-refractivity contribution in [3.05, 3.63) is 12.2 Å². The van der Waals surface area contributed by atoms with Crippen molar-refractivity contribution in [3.8, 4) is 0 Å². The Labute approximate surface area is 81.6 Å². The third-order valence-electron chi connectivity index (χ3n) is 1.77. The van der Waals surface area contributed by atoms with Gasteiger partial charge in [0.15, 0.2) is 5.84 Å². The number of nitrogens with zero attached hydrogens (tertiary/aromatic N) is 4. The number of hydrogen-bond donors (Lipinski definition) is 3. The molecule has 0 aliphatic carbocycles. The van der Waals surface area contributed by atoms with Crippen LogP contribution in [0.4, 0.5) is 0 Å². The Hall–Kier alpha value is -1.63. The fourth-order valence-electron chi connectivity index (χ4n) is 0.985. The number of nitrogens with two attached hydrogens (primary N) is 1. The number of oxime groups is 1. The van der Waals surface area contributed by atoms with Crippen molar-refractivity contribution in [1.82, 2.24) is 20.1 Å². The van der Waals surface area contributed by atoms with Crippen LogP contribution in [-0.2, 0) is 13.5 Å². The predicted molar refractivity (Wildman–Crippen MR) is 51.0 cm³/mol. The summed E-state index contributed by atoms with van der Waals surface area (Å²) in [5, 5.41) is 21.8. The zero-order chi connectivity index (χ0) is 10.4. The van der Waals surface area contributed by atoms with Crippen LogP contribution in [0.2, 0.25) is 0 Å². The van der Waals surface area contributed by atoms with E-state index in [0.29, 0.717) is 13.1 Å². The molecular weight excluding hydrogens is 184 g/mol. The van der Waals surface area contributed by atoms with Crippen molar-refractivity contribution >= 4 is 5.84 Å². The lowest BCUT2D eigenvalue weighted by atomic mass is 10.4. The summed E-state index contributed by atoms with van der Waals surface area (Å²) in [4.78, 5) is 0. The Morgan fingerprint density at radius 3 is 3.14 bits per heavy atom. The molecular formula is C7H14N6O. The highest BCUT2D eigenvalue weighted by molar-refractivity contribution is 5.81. The first-order valence-electron chi connectivity index (χ1n) is 4.24. The highest BCUT2D eigenvalue weighted by Crippen LogP contribution is 1.90. The maximum Gasteiger partial charge on any atom is 0.153 e. The monoisotopic (exact) mass is 198 g/mol. The number of hydrogen-bond acceptors (Lipinski definition) is 5. The smallest absolute Gasteiger partial charge is 0.153 e. The highest BCUT2D eigenvalue weighted by atomic mass is 16.4. The van der Waals surface area contributed by atoms with Gasteiger partial charge in [-0.15, -0.1) is 10.2 Å². The molecule has 1 aromatic heterocycles. The quantitative estimate of drug-likeness (QED) is 0.179. The molecule has 0 amide bonds. The van der Waals surface area contributed by atoms with Gasteiger partial charge in [0.05, 0.1) is 6.54 Å². The molecule has 7 nitrogen and oxygen atoms in total. The first kappa shape index (κ1) is 10.5. The number of nitrogens with one attached hydrogen (secondary N) is 1. The molecule has 1 heterocycles. The van der Waals surface area contributed by atoms with Crippen LogP contribution in [0.3, 0.4) is 0 Å². The van der Waals surface area contributed by atoms with Gasteiger partial charge in [0.2, 0.25) is 0 Å². The Bertz CT molecular complexity index is 307. The van der Waals surface area contributed by atoms with E-state index >= 15 is 0 Å². The van der Waals surface area contributed by atoms with Gasteiger partial charge in [-0.3, -0.25) is 0 Å². The van der Waals surface area contributed by atoms with Crippen LogP contribution in [0.5, 0.6) is 0 Å². The Morgan fingerprint density at radius 2 is 2.57 bits per heavy atom. The predicted octanol–water partition coefficient (Wildman–Crippen LogP) is -1.31. The minimum absolute atomic E-state index is 0.169. The average Bonchev–Trinajstić information content (AvgIpc) is 2.58. The number of amidine groups is 1. The standard InChI is InChI=1S/C7H14N6O/c1-13-5-10-11-7(13)2-3-9-4-6(8)12-14/h5,9,14H,2-4H2,1H3,(H2,8,12). The van der Waals surface area contributed by atoms with Crippen molar-refractivity contribution in [3.63, 3.8) is 0 Å². The third kappa shape index (κ3) is 3.02. The number of aromatic nitrogens is 3. The second-order valence-corrected chi connectivity index (χ2v) is 2.88. The van der Waals surface area contributed by atoms with Gasteiger partial charge in [-0.25, -0.2) is 0 Å². The summed E-state index contributed by atoms with van der Waals surface area (Å²) in [6.07, 6.45) is 2.41. The maximum atomic E-state index is 8.26. The van der Waals surface area contributed by atoms with E-state index < -0.39 is 0 Å². The number of aryl methyl sites for hydroxylation is 1. The molecule has 0 unspecified atom stereocenters. The van der Waals surface area contributed by atoms with Crippen LogP contribution in [0.1, 0.15) is 5.82 Å². The normalized spacial score (nSPS) is 11.9. The Kier molecular flexibility index (Phi) is 3.86. The second kappa shape index (κ2) is 5.18. The zero-order valence-corrected chi connectivity index (χ0v) is 8.01. The molecule has 78 valence electrons. The minimum atomic E-state index is 0.169. The van der Waals surface area contributed by atoms with Crippen molar-refractivity contribution < 1.29 is 5.21 Å². The molecule has 1 aromatic rings. The van der Waals surface area contributed by atoms with E-state index in [1.54, 1.807) is 6.33 Å². The van der Waals surface area contributed by atoms with Gasteiger partial charge in [-0.1, -0.05) is 5.16 Å². The SMILES string of the molecule is Cn1cnnc1CCNCC(N)=NO. The lowest BCUT2D eigenvalue weighted by Gasteiger charge is -2.02. The van der Waals surface area contributed by atoms with Gasteiger partial charge in [-0.05, 0) is 0 Å². The second-order valence-electron chi connectivity index (χ2n) is 2.88. The summed E-state index contributed by atoms with van der Waals surface area (Å²) in [6.45, 7) is 1.08. The third-order valence-corrected chi connectivity index (χ3v) is 1.77. The van der Waals surface area contributed by atoms with E-state index in [9.17, 15) is 0 Å². The van der Waals surface area contributed by atoms with Gasteiger partial charge in [-0.2, -0.15) is 0 Å². The van der Waals surface area contributed by atoms with Crippen molar-refractivity contribution in [2.45, 2.75) is 6.42 Å². The minimum Gasteiger partial charge on any atom is -0.409 e. The van der Waals surface area contributed by atoms with Crippen molar-refractivity contribution in [1.29, 1.82) is 0 Å². The molecule has 0 atom stereocenters. The van der Waals surface area contributed by atoms with Crippen LogP contribution >= 0.6 is 0 Å². The van der Waals surface area contributed by atoms with E-state index in [1.165, 1.54) is 0 Å². The van der Waals surface area contributed by atoms with E-state index in [0.717, 1.165) is 12.2 Å². The first-order chi connectivity index (χ1) is 6.74. The molecule has 0 saturated carbocycles. The Balaban J connectivity index is 2.20. The van der Waals surface area contributed by atoms with Gasteiger partial charge in [0, 0.05) is 20.0 Å². The summed E-state index contributed by atoms with van der Waals surface area (Å²) in [6, 6.07) is 0. The summed E-state index contributed by atoms with van der Waals surface area (Å²) in [7, 11) is 1.89. The lowest BCUT2D eigenvalue weighted by molar-refractivity contribution is 0.317. The molecule has 0 aliphatic heterocycles. The first-order valence-corrected chi connectivity index (χ1v) is 4.24. The molecule has 0 radical (unpaired) electrons. The summed E-state index contributed by atoms with van der Waals surface area (Å²) >= 11 is 0. The van der Waals surface area contributed by atoms with E-state index in [2.05, 4.69) is 20.7 Å². The van der Waals surface area contributed by atoms with E-state index in [1.807, 2.05) is 11.6 Å². The molecule has 0 saturated heterocycles. The molecule has 7 heteroatoms. The fraction of sp³-hybridized carbons (Fsp3) is 0.571. The van der Waals surface area contributed by atoms with Crippen molar-refractivity contribution in [2.75, 3.05) is 13.1 Å². The molecule has 0 spiro atoms. The topological polar surface area (TPSA) is 101 Å². The molecule has 0 aromatic carbocycles. The maximum absolute atomic E-state index is 8.26. The van der Waals surface area contributed by atoms with E-state index in [4.69, 9.17) is 10.9 Å². The van der Waals surface area contributed by atoms with E-state index in [-0.39, 0.29) is 5.84 Å². The molecule has 0 fully saturated rings. The van der Waals surface area contributed by atoms with Gasteiger partial charge in [0.1, 0.15) is 12.2 Å². The molecule has 0 aliphatic rings. The van der Waals surface area contributed by atoms with Crippen LogP contribution < -0.4 is 11.1 Å². The molecule has 0 bridgehead atoms. The molecule has 1 rings (SSSR count). The lowest BCUT2D eigenvalue weighted by Crippen LogP contribution is -2.30. The van der Waals surface area contributed by atoms with Gasteiger partial charge in [0.25, 0.3) is 0 Å². The summed E-state index contributed by atoms with van der Waals surface area (Å²) in [5.74, 6) is 1.07. The summed E-state index contributed by atoms with van der Waals surface area (Å²) in [5.41, 5.74) is 5.27. The highest BCUT2D eigenvalue weighted by Gasteiger charge is 1.99. The van der Waals surface area contributed by atoms with Crippen LogP contribution in [-0.4, -0.2) is 38.9 Å². The Morgan fingerprint density at radius 1 is 1.79 bits per heavy atom. The summed E-state index contributed by atoms with van der Waals surface area (Å²) < 4.78 is 1.85. The van der Waals surface area contributed by atoms with Gasteiger partial charge < -0.3 is 20.8 Å². The van der Waals surface area contributed by atoms with Crippen LogP contribution in [0.25, 0.3) is 0 Å². The fourth-order valence-corrected chi connectivity index (χ4v) is 0.985. The largest absolute Gasteiger partial charge is 0.409 e. The molecule has 4 N–H and O–H groups in total. The van der Waals surface area contributed by atoms with Crippen molar-refractivity contribution in [2.24, 2.45) is 17.9 Å². The van der Waals surface area contributed by atoms with Crippen LogP contribution in [0.15, 0.2) is 11.5 Å². The molecule has 14 heavy (non-hydrogen) atoms.